The molecule has 0 N–H and O–H groups in total. The number of nitrogens with zero attached hydrogens (tertiary/aromatic N) is 5. The first-order valence-electron chi connectivity index (χ1n) is 18.2. The van der Waals surface area contributed by atoms with Gasteiger partial charge in [0.15, 0.2) is 5.82 Å². The van der Waals surface area contributed by atoms with E-state index in [1.54, 1.807) is 0 Å². The first-order chi connectivity index (χ1) is 27.3. The average Bonchev–Trinajstić information content (AvgIpc) is 3.65. The molecule has 256 valence electrons. The van der Waals surface area contributed by atoms with E-state index in [-0.39, 0.29) is 0 Å². The molecule has 0 saturated carbocycles. The van der Waals surface area contributed by atoms with E-state index in [2.05, 4.69) is 115 Å². The van der Waals surface area contributed by atoms with Crippen LogP contribution in [0.4, 0.5) is 0 Å². The minimum absolute atomic E-state index is 0.660. The van der Waals surface area contributed by atoms with Crippen molar-refractivity contribution >= 4 is 64.2 Å². The van der Waals surface area contributed by atoms with Crippen LogP contribution >= 0.6 is 11.3 Å². The normalized spacial score (nSPS) is 11.6. The highest BCUT2D eigenvalue weighted by Crippen LogP contribution is 2.44. The third-order valence-corrected chi connectivity index (χ3v) is 11.6. The number of hydrogen-bond acceptors (Lipinski definition) is 6. The fourth-order valence-electron chi connectivity index (χ4n) is 7.77. The second kappa shape index (κ2) is 12.8. The molecule has 0 unspecified atom stereocenters. The summed E-state index contributed by atoms with van der Waals surface area (Å²) < 4.78 is 2.45. The Morgan fingerprint density at radius 3 is 1.96 bits per heavy atom. The lowest BCUT2D eigenvalue weighted by molar-refractivity contribution is 1.18. The van der Waals surface area contributed by atoms with Gasteiger partial charge in [0.1, 0.15) is 0 Å². The molecule has 0 radical (unpaired) electrons. The van der Waals surface area contributed by atoms with Crippen molar-refractivity contribution in [3.8, 4) is 56.3 Å². The topological polar surface area (TPSA) is 64.5 Å². The lowest BCUT2D eigenvalue weighted by Gasteiger charge is -2.15. The van der Waals surface area contributed by atoms with Gasteiger partial charge >= 0.3 is 0 Å². The second-order valence-electron chi connectivity index (χ2n) is 13.6. The number of hydrogen-bond donors (Lipinski definition) is 0. The molecule has 6 heteroatoms. The molecule has 5 nitrogen and oxygen atoms in total. The van der Waals surface area contributed by atoms with E-state index in [1.807, 2.05) is 72.3 Å². The Hall–Kier alpha value is -7.15. The summed E-state index contributed by atoms with van der Waals surface area (Å²) in [4.78, 5) is 25.6. The molecule has 0 amide bonds. The molecule has 0 aliphatic heterocycles. The summed E-state index contributed by atoms with van der Waals surface area (Å²) in [6.45, 7) is 0. The van der Waals surface area contributed by atoms with Crippen LogP contribution < -0.4 is 0 Å². The smallest absolute Gasteiger partial charge is 0.160 e. The fraction of sp³-hybridized carbons (Fsp3) is 0. The summed E-state index contributed by atoms with van der Waals surface area (Å²) in [7, 11) is 0. The van der Waals surface area contributed by atoms with Gasteiger partial charge in [0.2, 0.25) is 0 Å². The van der Waals surface area contributed by atoms with Crippen molar-refractivity contribution < 1.29 is 0 Å². The number of pyridine rings is 3. The number of aromatic nitrogens is 5. The van der Waals surface area contributed by atoms with Crippen molar-refractivity contribution in [1.29, 1.82) is 0 Å². The van der Waals surface area contributed by atoms with Crippen LogP contribution in [0, 0.1) is 0 Å². The quantitative estimate of drug-likeness (QED) is 0.166. The number of thiophene rings is 1. The molecule has 0 spiro atoms. The maximum absolute atomic E-state index is 5.54. The van der Waals surface area contributed by atoms with Gasteiger partial charge in [-0.1, -0.05) is 140 Å². The molecule has 0 bridgehead atoms. The summed E-state index contributed by atoms with van der Waals surface area (Å²) >= 11 is 1.81. The molecule has 5 aromatic heterocycles. The van der Waals surface area contributed by atoms with E-state index in [1.165, 1.54) is 20.2 Å². The minimum atomic E-state index is 0.660. The molecule has 5 heterocycles. The minimum Gasteiger partial charge on any atom is -0.256 e. The van der Waals surface area contributed by atoms with E-state index in [0.717, 1.165) is 83.2 Å². The van der Waals surface area contributed by atoms with Crippen LogP contribution in [0.25, 0.3) is 109 Å². The van der Waals surface area contributed by atoms with Crippen LogP contribution in [0.15, 0.2) is 176 Å². The van der Waals surface area contributed by atoms with Crippen molar-refractivity contribution in [1.82, 2.24) is 24.9 Å². The third-order valence-electron chi connectivity index (χ3n) is 10.4. The Bertz CT molecular complexity index is 3190. The zero-order valence-electron chi connectivity index (χ0n) is 29.4. The van der Waals surface area contributed by atoms with Gasteiger partial charge in [-0.2, -0.15) is 0 Å². The highest BCUT2D eigenvalue weighted by molar-refractivity contribution is 7.26. The van der Waals surface area contributed by atoms with Crippen LogP contribution in [0.2, 0.25) is 0 Å². The molecular formula is C49H29N5S. The predicted molar refractivity (Wildman–Crippen MR) is 228 cm³/mol. The molecule has 11 aromatic rings. The van der Waals surface area contributed by atoms with Crippen molar-refractivity contribution in [3.63, 3.8) is 0 Å². The molecular weight excluding hydrogens is 691 g/mol. The SMILES string of the molecule is c1ccc(-c2cc(-c3ccnc4c3nc(-c3ccc(-c5cccc6cccnc56)cc3)c3ccc5c6ccccc6sc5c34)nc(-c3ccccc3)n2)cc1. The van der Waals surface area contributed by atoms with Gasteiger partial charge in [0, 0.05) is 76.5 Å². The fourth-order valence-corrected chi connectivity index (χ4v) is 9.02. The first kappa shape index (κ1) is 31.4. The average molecular weight is 720 g/mol. The van der Waals surface area contributed by atoms with E-state index in [9.17, 15) is 0 Å². The van der Waals surface area contributed by atoms with E-state index >= 15 is 0 Å². The van der Waals surface area contributed by atoms with Gasteiger partial charge in [-0.25, -0.2) is 15.0 Å². The van der Waals surface area contributed by atoms with Gasteiger partial charge < -0.3 is 0 Å². The Labute approximate surface area is 320 Å². The second-order valence-corrected chi connectivity index (χ2v) is 14.7. The third kappa shape index (κ3) is 5.26. The number of para-hydroxylation sites is 1. The summed E-state index contributed by atoms with van der Waals surface area (Å²) in [5.41, 5.74) is 11.3. The van der Waals surface area contributed by atoms with Crippen molar-refractivity contribution in [2.24, 2.45) is 0 Å². The Morgan fingerprint density at radius 2 is 1.11 bits per heavy atom. The highest BCUT2D eigenvalue weighted by atomic mass is 32.1. The number of rotatable bonds is 5. The summed E-state index contributed by atoms with van der Waals surface area (Å²) in [6, 6.07) is 56.8. The molecule has 11 rings (SSSR count). The molecule has 55 heavy (non-hydrogen) atoms. The van der Waals surface area contributed by atoms with Crippen LogP contribution in [0.5, 0.6) is 0 Å². The summed E-state index contributed by atoms with van der Waals surface area (Å²) in [6.07, 6.45) is 3.75. The van der Waals surface area contributed by atoms with E-state index in [0.29, 0.717) is 5.82 Å². The van der Waals surface area contributed by atoms with Gasteiger partial charge in [0.25, 0.3) is 0 Å². The largest absolute Gasteiger partial charge is 0.256 e. The zero-order chi connectivity index (χ0) is 36.3. The van der Waals surface area contributed by atoms with E-state index < -0.39 is 0 Å². The first-order valence-corrected chi connectivity index (χ1v) is 19.1. The standard InChI is InChI=1S/C49H29N5S/c1-3-11-31(12-4-1)40-29-41(53-49(52-40)34-13-5-2-6-14-34)38-26-28-51-47-43-39(25-24-37-36-17-7-8-19-42(36)55-48(37)43)45(54-46(38)47)33-22-20-30(21-23-33)35-18-9-15-32-16-10-27-50-44(32)35/h1-29H. The summed E-state index contributed by atoms with van der Waals surface area (Å²) in [5.74, 6) is 0.660. The lowest BCUT2D eigenvalue weighted by Crippen LogP contribution is -1.98. The van der Waals surface area contributed by atoms with Gasteiger partial charge in [-0.3, -0.25) is 9.97 Å². The molecule has 0 atom stereocenters. The van der Waals surface area contributed by atoms with Crippen LogP contribution in [0.3, 0.4) is 0 Å². The lowest BCUT2D eigenvalue weighted by atomic mass is 9.96. The van der Waals surface area contributed by atoms with Crippen LogP contribution in [-0.2, 0) is 0 Å². The van der Waals surface area contributed by atoms with Crippen molar-refractivity contribution in [3.05, 3.63) is 176 Å². The van der Waals surface area contributed by atoms with Gasteiger partial charge in [-0.05, 0) is 29.8 Å². The van der Waals surface area contributed by atoms with Crippen molar-refractivity contribution in [2.75, 3.05) is 0 Å². The van der Waals surface area contributed by atoms with Crippen LogP contribution in [0.1, 0.15) is 0 Å². The highest BCUT2D eigenvalue weighted by Gasteiger charge is 2.21. The summed E-state index contributed by atoms with van der Waals surface area (Å²) in [5, 5.41) is 5.75. The Kier molecular flexibility index (Phi) is 7.28. The zero-order valence-corrected chi connectivity index (χ0v) is 30.2. The molecule has 0 aliphatic rings. The number of fused-ring (bicyclic) bond motifs is 8. The molecule has 0 fully saturated rings. The van der Waals surface area contributed by atoms with E-state index in [4.69, 9.17) is 24.9 Å². The Balaban J connectivity index is 1.19. The van der Waals surface area contributed by atoms with Crippen molar-refractivity contribution in [2.45, 2.75) is 0 Å². The maximum atomic E-state index is 5.54. The predicted octanol–water partition coefficient (Wildman–Crippen LogP) is 12.8. The van der Waals surface area contributed by atoms with Gasteiger partial charge in [-0.15, -0.1) is 11.3 Å². The molecule has 6 aromatic carbocycles. The van der Waals surface area contributed by atoms with Gasteiger partial charge in [0.05, 0.1) is 33.6 Å². The number of benzene rings is 6. The maximum Gasteiger partial charge on any atom is 0.160 e. The Morgan fingerprint density at radius 1 is 0.400 bits per heavy atom. The monoisotopic (exact) mass is 719 g/mol. The van der Waals surface area contributed by atoms with Crippen LogP contribution in [-0.4, -0.2) is 24.9 Å². The molecule has 0 saturated heterocycles. The molecule has 0 aliphatic carbocycles.